The Morgan fingerprint density at radius 2 is 1.67 bits per heavy atom. The van der Waals surface area contributed by atoms with Gasteiger partial charge in [-0.2, -0.15) is 0 Å². The van der Waals surface area contributed by atoms with Gasteiger partial charge in [0, 0.05) is 32.2 Å². The van der Waals surface area contributed by atoms with Crippen molar-refractivity contribution in [2.75, 3.05) is 42.2 Å². The topological polar surface area (TPSA) is 58.0 Å². The maximum absolute atomic E-state index is 13.0. The van der Waals surface area contributed by atoms with Crippen molar-refractivity contribution in [1.29, 1.82) is 0 Å². The van der Waals surface area contributed by atoms with Gasteiger partial charge in [-0.25, -0.2) is 33.1 Å². The molecule has 1 aliphatic rings. The summed E-state index contributed by atoms with van der Waals surface area (Å²) in [4.78, 5) is 19.9. The van der Waals surface area contributed by atoms with E-state index in [0.717, 1.165) is 12.4 Å². The summed E-state index contributed by atoms with van der Waals surface area (Å²) < 4.78 is 38.8. The molecule has 3 heterocycles. The summed E-state index contributed by atoms with van der Waals surface area (Å²) in [6, 6.07) is 1.33. The van der Waals surface area contributed by atoms with E-state index in [-0.39, 0.29) is 5.69 Å². The molecule has 0 radical (unpaired) electrons. The van der Waals surface area contributed by atoms with E-state index in [1.54, 1.807) is 6.26 Å². The highest BCUT2D eigenvalue weighted by atomic mass is 32.2. The second-order valence-electron chi connectivity index (χ2n) is 5.11. The van der Waals surface area contributed by atoms with Crippen LogP contribution in [-0.4, -0.2) is 52.4 Å². The SMILES string of the molecule is CSc1nc(C(F)F)cc(N2CCN(c3ncc(F)cn3)CC2)n1. The van der Waals surface area contributed by atoms with Crippen LogP contribution in [0.3, 0.4) is 0 Å². The zero-order chi connectivity index (χ0) is 17.1. The standard InChI is InChI=1S/C14H15F3N6S/c1-24-14-20-10(12(16)17)6-11(21-14)22-2-4-23(5-3-22)13-18-7-9(15)8-19-13/h6-8,12H,2-5H2,1H3. The first-order valence-corrected chi connectivity index (χ1v) is 8.48. The van der Waals surface area contributed by atoms with Gasteiger partial charge in [-0.3, -0.25) is 0 Å². The van der Waals surface area contributed by atoms with Gasteiger partial charge in [0.1, 0.15) is 11.5 Å². The summed E-state index contributed by atoms with van der Waals surface area (Å²) >= 11 is 1.23. The highest BCUT2D eigenvalue weighted by Crippen LogP contribution is 2.25. The Labute approximate surface area is 141 Å². The van der Waals surface area contributed by atoms with Gasteiger partial charge in [-0.05, 0) is 6.26 Å². The maximum atomic E-state index is 13.0. The number of rotatable bonds is 4. The van der Waals surface area contributed by atoms with Crippen molar-refractivity contribution in [2.24, 2.45) is 0 Å². The lowest BCUT2D eigenvalue weighted by Gasteiger charge is -2.35. The molecule has 1 saturated heterocycles. The van der Waals surface area contributed by atoms with E-state index in [2.05, 4.69) is 19.9 Å². The number of nitrogens with zero attached hydrogens (tertiary/aromatic N) is 6. The smallest absolute Gasteiger partial charge is 0.280 e. The lowest BCUT2D eigenvalue weighted by atomic mass is 10.3. The molecule has 0 amide bonds. The fraction of sp³-hybridized carbons (Fsp3) is 0.429. The van der Waals surface area contributed by atoms with Gasteiger partial charge < -0.3 is 9.80 Å². The first-order valence-electron chi connectivity index (χ1n) is 7.25. The van der Waals surface area contributed by atoms with E-state index in [1.807, 2.05) is 9.80 Å². The number of aromatic nitrogens is 4. The summed E-state index contributed by atoms with van der Waals surface area (Å²) in [5, 5.41) is 0.326. The Morgan fingerprint density at radius 3 is 2.25 bits per heavy atom. The van der Waals surface area contributed by atoms with E-state index >= 15 is 0 Å². The number of anilines is 2. The molecule has 0 spiro atoms. The van der Waals surface area contributed by atoms with Crippen LogP contribution in [0.4, 0.5) is 24.9 Å². The third kappa shape index (κ3) is 3.69. The van der Waals surface area contributed by atoms with E-state index in [4.69, 9.17) is 0 Å². The molecule has 0 saturated carbocycles. The fourth-order valence-electron chi connectivity index (χ4n) is 2.40. The van der Waals surface area contributed by atoms with Crippen LogP contribution in [0.2, 0.25) is 0 Å². The number of hydrogen-bond donors (Lipinski definition) is 0. The van der Waals surface area contributed by atoms with E-state index < -0.39 is 12.2 Å². The first kappa shape index (κ1) is 16.7. The first-order chi connectivity index (χ1) is 11.6. The van der Waals surface area contributed by atoms with Crippen molar-refractivity contribution in [2.45, 2.75) is 11.6 Å². The zero-order valence-corrected chi connectivity index (χ0v) is 13.7. The van der Waals surface area contributed by atoms with Crippen LogP contribution >= 0.6 is 11.8 Å². The van der Waals surface area contributed by atoms with E-state index in [1.165, 1.54) is 17.8 Å². The van der Waals surface area contributed by atoms with Crippen LogP contribution in [0, 0.1) is 5.82 Å². The minimum absolute atomic E-state index is 0.270. The average Bonchev–Trinajstić information content (AvgIpc) is 2.62. The van der Waals surface area contributed by atoms with Crippen LogP contribution in [-0.2, 0) is 0 Å². The molecule has 1 aliphatic heterocycles. The minimum atomic E-state index is -2.63. The molecular formula is C14H15F3N6S. The third-order valence-electron chi connectivity index (χ3n) is 3.61. The van der Waals surface area contributed by atoms with Gasteiger partial charge in [-0.1, -0.05) is 11.8 Å². The summed E-state index contributed by atoms with van der Waals surface area (Å²) in [6.45, 7) is 2.34. The monoisotopic (exact) mass is 356 g/mol. The average molecular weight is 356 g/mol. The van der Waals surface area contributed by atoms with Crippen molar-refractivity contribution in [3.05, 3.63) is 30.0 Å². The predicted octanol–water partition coefficient (Wildman–Crippen LogP) is 2.39. The summed E-state index contributed by atoms with van der Waals surface area (Å²) in [7, 11) is 0. The van der Waals surface area contributed by atoms with Gasteiger partial charge in [0.05, 0.1) is 12.4 Å². The quantitative estimate of drug-likeness (QED) is 0.616. The van der Waals surface area contributed by atoms with Crippen molar-refractivity contribution in [1.82, 2.24) is 19.9 Å². The normalized spacial score (nSPS) is 15.2. The van der Waals surface area contributed by atoms with Gasteiger partial charge >= 0.3 is 0 Å². The lowest BCUT2D eigenvalue weighted by Crippen LogP contribution is -2.47. The lowest BCUT2D eigenvalue weighted by molar-refractivity contribution is 0.145. The Hall–Kier alpha value is -2.10. The van der Waals surface area contributed by atoms with Crippen LogP contribution < -0.4 is 9.80 Å². The van der Waals surface area contributed by atoms with Crippen LogP contribution in [0.25, 0.3) is 0 Å². The van der Waals surface area contributed by atoms with Gasteiger partial charge in [0.25, 0.3) is 6.43 Å². The third-order valence-corrected chi connectivity index (χ3v) is 4.16. The number of hydrogen-bond acceptors (Lipinski definition) is 7. The van der Waals surface area contributed by atoms with Crippen molar-refractivity contribution >= 4 is 23.5 Å². The van der Waals surface area contributed by atoms with Crippen molar-refractivity contribution in [3.63, 3.8) is 0 Å². The van der Waals surface area contributed by atoms with Crippen LogP contribution in [0.1, 0.15) is 12.1 Å². The predicted molar refractivity (Wildman–Crippen MR) is 85.2 cm³/mol. The summed E-state index contributed by atoms with van der Waals surface area (Å²) in [6.07, 6.45) is 1.36. The van der Waals surface area contributed by atoms with Gasteiger partial charge in [0.2, 0.25) is 5.95 Å². The van der Waals surface area contributed by atoms with Crippen LogP contribution in [0.15, 0.2) is 23.6 Å². The van der Waals surface area contributed by atoms with E-state index in [9.17, 15) is 13.2 Å². The molecule has 6 nitrogen and oxygen atoms in total. The molecule has 0 unspecified atom stereocenters. The summed E-state index contributed by atoms with van der Waals surface area (Å²) in [5.74, 6) is 0.462. The fourth-order valence-corrected chi connectivity index (χ4v) is 2.78. The number of piperazine rings is 1. The molecule has 0 aromatic carbocycles. The molecule has 128 valence electrons. The van der Waals surface area contributed by atoms with Crippen molar-refractivity contribution in [3.8, 4) is 0 Å². The van der Waals surface area contributed by atoms with Gasteiger partial charge in [-0.15, -0.1) is 0 Å². The molecule has 24 heavy (non-hydrogen) atoms. The van der Waals surface area contributed by atoms with Crippen molar-refractivity contribution < 1.29 is 13.2 Å². The highest BCUT2D eigenvalue weighted by Gasteiger charge is 2.22. The minimum Gasteiger partial charge on any atom is -0.353 e. The number of halogens is 3. The largest absolute Gasteiger partial charge is 0.353 e. The Kier molecular flexibility index (Phi) is 5.03. The molecule has 0 aliphatic carbocycles. The molecular weight excluding hydrogens is 341 g/mol. The molecule has 0 N–H and O–H groups in total. The molecule has 0 atom stereocenters. The van der Waals surface area contributed by atoms with Crippen LogP contribution in [0.5, 0.6) is 0 Å². The Bertz CT molecular complexity index is 691. The van der Waals surface area contributed by atoms with E-state index in [0.29, 0.717) is 43.1 Å². The summed E-state index contributed by atoms with van der Waals surface area (Å²) in [5.41, 5.74) is -0.270. The molecule has 1 fully saturated rings. The second kappa shape index (κ2) is 7.20. The zero-order valence-electron chi connectivity index (χ0n) is 12.9. The highest BCUT2D eigenvalue weighted by molar-refractivity contribution is 7.98. The molecule has 10 heteroatoms. The number of thioether (sulfide) groups is 1. The Balaban J connectivity index is 1.72. The molecule has 2 aromatic rings. The molecule has 2 aromatic heterocycles. The number of alkyl halides is 2. The Morgan fingerprint density at radius 1 is 1.04 bits per heavy atom. The second-order valence-corrected chi connectivity index (χ2v) is 5.89. The van der Waals surface area contributed by atoms with Gasteiger partial charge in [0.15, 0.2) is 11.0 Å². The molecule has 0 bridgehead atoms. The molecule has 3 rings (SSSR count). The maximum Gasteiger partial charge on any atom is 0.280 e.